The molecular weight excluding hydrogens is 236 g/mol. The third kappa shape index (κ3) is 5.93. The van der Waals surface area contributed by atoms with Crippen molar-refractivity contribution in [3.63, 3.8) is 0 Å². The largest absolute Gasteiger partial charge is 0.462 e. The summed E-state index contributed by atoms with van der Waals surface area (Å²) in [4.78, 5) is 29.7. The van der Waals surface area contributed by atoms with E-state index in [-0.39, 0.29) is 6.61 Å². The summed E-state index contributed by atoms with van der Waals surface area (Å²) < 4.78 is 9.90. The van der Waals surface area contributed by atoms with Gasteiger partial charge in [-0.2, -0.15) is 0 Å². The van der Waals surface area contributed by atoms with Crippen LogP contribution >= 0.6 is 0 Å². The molecule has 1 rings (SSSR count). The number of hydrogen-bond donors (Lipinski definition) is 0. The van der Waals surface area contributed by atoms with Gasteiger partial charge in [-0.15, -0.1) is 0 Å². The van der Waals surface area contributed by atoms with Crippen molar-refractivity contribution in [3.05, 3.63) is 24.3 Å². The molecular formula is C12H16N2O4. The van der Waals surface area contributed by atoms with Gasteiger partial charge >= 0.3 is 11.9 Å². The maximum Gasteiger partial charge on any atom is 0.303 e. The summed E-state index contributed by atoms with van der Waals surface area (Å²) in [6.07, 6.45) is 5.53. The minimum absolute atomic E-state index is 0.0647. The molecule has 1 aromatic heterocycles. The minimum Gasteiger partial charge on any atom is -0.462 e. The molecule has 1 heterocycles. The van der Waals surface area contributed by atoms with E-state index >= 15 is 0 Å². The van der Waals surface area contributed by atoms with Crippen LogP contribution in [-0.2, 0) is 25.5 Å². The summed E-state index contributed by atoms with van der Waals surface area (Å²) in [5.74, 6) is -0.794. The lowest BCUT2D eigenvalue weighted by Crippen LogP contribution is -2.24. The molecule has 0 fully saturated rings. The number of aromatic nitrogens is 2. The number of rotatable bonds is 6. The molecule has 0 aliphatic heterocycles. The van der Waals surface area contributed by atoms with Crippen LogP contribution in [0, 0.1) is 0 Å². The van der Waals surface area contributed by atoms with E-state index in [9.17, 15) is 9.59 Å². The van der Waals surface area contributed by atoms with E-state index in [1.54, 1.807) is 18.6 Å². The molecule has 0 aliphatic rings. The minimum atomic E-state index is -0.451. The van der Waals surface area contributed by atoms with Crippen molar-refractivity contribution in [2.75, 3.05) is 6.61 Å². The highest BCUT2D eigenvalue weighted by atomic mass is 16.6. The highest BCUT2D eigenvalue weighted by Crippen LogP contribution is 2.06. The van der Waals surface area contributed by atoms with Gasteiger partial charge in [0, 0.05) is 32.4 Å². The lowest BCUT2D eigenvalue weighted by Gasteiger charge is -2.16. The Hall–Kier alpha value is -1.98. The molecule has 0 spiro atoms. The first-order valence-electron chi connectivity index (χ1n) is 5.63. The van der Waals surface area contributed by atoms with Crippen LogP contribution in [0.4, 0.5) is 0 Å². The summed E-state index contributed by atoms with van der Waals surface area (Å²) in [5, 5.41) is 0. The maximum absolute atomic E-state index is 10.9. The van der Waals surface area contributed by atoms with Gasteiger partial charge in [-0.3, -0.25) is 19.6 Å². The molecule has 0 saturated carbocycles. The Balaban J connectivity index is 2.45. The van der Waals surface area contributed by atoms with Crippen molar-refractivity contribution < 1.29 is 19.1 Å². The lowest BCUT2D eigenvalue weighted by atomic mass is 10.1. The molecule has 0 aliphatic carbocycles. The fourth-order valence-electron chi connectivity index (χ4n) is 1.39. The summed E-state index contributed by atoms with van der Waals surface area (Å²) in [7, 11) is 0. The van der Waals surface area contributed by atoms with Gasteiger partial charge in [0.05, 0.1) is 5.69 Å². The van der Waals surface area contributed by atoms with E-state index in [4.69, 9.17) is 9.47 Å². The second-order valence-electron chi connectivity index (χ2n) is 3.77. The maximum atomic E-state index is 10.9. The van der Waals surface area contributed by atoms with E-state index in [0.29, 0.717) is 12.8 Å². The highest BCUT2D eigenvalue weighted by Gasteiger charge is 2.14. The zero-order chi connectivity index (χ0) is 13.4. The second-order valence-corrected chi connectivity index (χ2v) is 3.77. The molecule has 6 heteroatoms. The normalized spacial score (nSPS) is 11.7. The smallest absolute Gasteiger partial charge is 0.303 e. The second kappa shape index (κ2) is 7.37. The van der Waals surface area contributed by atoms with Gasteiger partial charge in [0.15, 0.2) is 0 Å². The van der Waals surface area contributed by atoms with Crippen molar-refractivity contribution in [1.29, 1.82) is 0 Å². The van der Waals surface area contributed by atoms with Crippen LogP contribution in [0.3, 0.4) is 0 Å². The molecule has 18 heavy (non-hydrogen) atoms. The Morgan fingerprint density at radius 1 is 1.28 bits per heavy atom. The van der Waals surface area contributed by atoms with E-state index in [2.05, 4.69) is 9.97 Å². The monoisotopic (exact) mass is 252 g/mol. The molecule has 1 aromatic rings. The van der Waals surface area contributed by atoms with Gasteiger partial charge < -0.3 is 9.47 Å². The standard InChI is InChI=1S/C12H16N2O4/c1-9(15)17-8-12(18-10(2)16)4-3-11-7-13-5-6-14-11/h5-7,12H,3-4,8H2,1-2H3. The van der Waals surface area contributed by atoms with E-state index in [1.807, 2.05) is 0 Å². The van der Waals surface area contributed by atoms with Crippen LogP contribution < -0.4 is 0 Å². The fraction of sp³-hybridized carbons (Fsp3) is 0.500. The molecule has 0 bridgehead atoms. The lowest BCUT2D eigenvalue weighted by molar-refractivity contribution is -0.156. The van der Waals surface area contributed by atoms with Crippen LogP contribution in [0.15, 0.2) is 18.6 Å². The Kier molecular flexibility index (Phi) is 5.76. The molecule has 0 radical (unpaired) electrons. The fourth-order valence-corrected chi connectivity index (χ4v) is 1.39. The average molecular weight is 252 g/mol. The third-order valence-corrected chi connectivity index (χ3v) is 2.14. The van der Waals surface area contributed by atoms with Crippen LogP contribution in [0.2, 0.25) is 0 Å². The number of ether oxygens (including phenoxy) is 2. The SMILES string of the molecule is CC(=O)OCC(CCc1cnccn1)OC(C)=O. The Bertz CT molecular complexity index is 394. The molecule has 0 saturated heterocycles. The van der Waals surface area contributed by atoms with Gasteiger partial charge in [-0.25, -0.2) is 0 Å². The average Bonchev–Trinajstić information content (AvgIpc) is 2.33. The van der Waals surface area contributed by atoms with Gasteiger partial charge in [0.1, 0.15) is 12.7 Å². The first-order valence-corrected chi connectivity index (χ1v) is 5.63. The van der Waals surface area contributed by atoms with E-state index in [0.717, 1.165) is 5.69 Å². The Morgan fingerprint density at radius 3 is 2.61 bits per heavy atom. The number of nitrogens with zero attached hydrogens (tertiary/aromatic N) is 2. The van der Waals surface area contributed by atoms with E-state index in [1.165, 1.54) is 13.8 Å². The van der Waals surface area contributed by atoms with Crippen molar-refractivity contribution in [1.82, 2.24) is 9.97 Å². The van der Waals surface area contributed by atoms with E-state index < -0.39 is 18.0 Å². The summed E-state index contributed by atoms with van der Waals surface area (Å²) in [6.45, 7) is 2.70. The molecule has 1 atom stereocenters. The first-order chi connectivity index (χ1) is 8.58. The highest BCUT2D eigenvalue weighted by molar-refractivity contribution is 5.67. The molecule has 0 amide bonds. The number of carbonyl (C=O) groups excluding carboxylic acids is 2. The predicted octanol–water partition coefficient (Wildman–Crippen LogP) is 0.904. The summed E-state index contributed by atoms with van der Waals surface area (Å²) in [5.41, 5.74) is 0.803. The molecule has 98 valence electrons. The predicted molar refractivity (Wildman–Crippen MR) is 62.5 cm³/mol. The van der Waals surface area contributed by atoms with Crippen molar-refractivity contribution in [3.8, 4) is 0 Å². The van der Waals surface area contributed by atoms with Crippen LogP contribution in [0.1, 0.15) is 26.0 Å². The molecule has 6 nitrogen and oxygen atoms in total. The van der Waals surface area contributed by atoms with Crippen LogP contribution in [0.25, 0.3) is 0 Å². The van der Waals surface area contributed by atoms with Crippen molar-refractivity contribution in [2.24, 2.45) is 0 Å². The molecule has 1 unspecified atom stereocenters. The molecule has 0 aromatic carbocycles. The van der Waals surface area contributed by atoms with Gasteiger partial charge in [-0.05, 0) is 12.8 Å². The Morgan fingerprint density at radius 2 is 2.06 bits per heavy atom. The number of aryl methyl sites for hydroxylation is 1. The van der Waals surface area contributed by atoms with Gasteiger partial charge in [0.25, 0.3) is 0 Å². The van der Waals surface area contributed by atoms with Gasteiger partial charge in [-0.1, -0.05) is 0 Å². The summed E-state index contributed by atoms with van der Waals surface area (Å²) >= 11 is 0. The van der Waals surface area contributed by atoms with Crippen molar-refractivity contribution >= 4 is 11.9 Å². The zero-order valence-corrected chi connectivity index (χ0v) is 10.5. The number of esters is 2. The van der Waals surface area contributed by atoms with Crippen LogP contribution in [0.5, 0.6) is 0 Å². The number of carbonyl (C=O) groups is 2. The van der Waals surface area contributed by atoms with Gasteiger partial charge in [0.2, 0.25) is 0 Å². The van der Waals surface area contributed by atoms with Crippen molar-refractivity contribution in [2.45, 2.75) is 32.8 Å². The Labute approximate surface area is 105 Å². The first kappa shape index (κ1) is 14.1. The quantitative estimate of drug-likeness (QED) is 0.700. The molecule has 0 N–H and O–H groups in total. The summed E-state index contributed by atoms with van der Waals surface area (Å²) in [6, 6.07) is 0. The third-order valence-electron chi connectivity index (χ3n) is 2.14. The topological polar surface area (TPSA) is 78.4 Å². The van der Waals surface area contributed by atoms with Crippen LogP contribution in [-0.4, -0.2) is 34.6 Å². The zero-order valence-electron chi connectivity index (χ0n) is 10.5. The number of hydrogen-bond acceptors (Lipinski definition) is 6.